The Labute approximate surface area is 149 Å². The molecule has 1 aliphatic rings. The molecule has 0 saturated carbocycles. The molecular formula is C21H25NO3. The quantitative estimate of drug-likeness (QED) is 0.912. The van der Waals surface area contributed by atoms with Gasteiger partial charge < -0.3 is 14.8 Å². The lowest BCUT2D eigenvalue weighted by atomic mass is 9.71. The van der Waals surface area contributed by atoms with E-state index < -0.39 is 5.41 Å². The van der Waals surface area contributed by atoms with E-state index in [4.69, 9.17) is 9.47 Å². The first kappa shape index (κ1) is 17.5. The first-order valence-corrected chi connectivity index (χ1v) is 8.53. The molecule has 4 heteroatoms. The zero-order valence-electron chi connectivity index (χ0n) is 15.2. The maximum atomic E-state index is 12.8. The van der Waals surface area contributed by atoms with Crippen LogP contribution in [0.25, 0.3) is 0 Å². The number of ether oxygens (including phenoxy) is 2. The summed E-state index contributed by atoms with van der Waals surface area (Å²) in [5, 5.41) is 3.68. The number of nitrogens with one attached hydrogen (secondary N) is 1. The van der Waals surface area contributed by atoms with Crippen molar-refractivity contribution in [2.45, 2.75) is 32.4 Å². The lowest BCUT2D eigenvalue weighted by molar-refractivity contribution is -0.132. The van der Waals surface area contributed by atoms with Crippen LogP contribution >= 0.6 is 0 Å². The second-order valence-corrected chi connectivity index (χ2v) is 7.05. The van der Waals surface area contributed by atoms with Gasteiger partial charge in [0.1, 0.15) is 17.3 Å². The van der Waals surface area contributed by atoms with Crippen molar-refractivity contribution in [1.82, 2.24) is 5.32 Å². The molecule has 0 aromatic heterocycles. The fraction of sp³-hybridized carbons (Fsp3) is 0.381. The fourth-order valence-electron chi connectivity index (χ4n) is 3.44. The first-order chi connectivity index (χ1) is 12.0. The molecule has 2 aromatic rings. The van der Waals surface area contributed by atoms with Crippen LogP contribution in [0, 0.1) is 5.41 Å². The SMILES string of the molecule is COc1ccc(C2CC(=O)C(C)(C)C(c3ccc(OC)cc3)N2)cc1. The third kappa shape index (κ3) is 3.40. The zero-order chi connectivity index (χ0) is 18.0. The van der Waals surface area contributed by atoms with Crippen LogP contribution in [0.1, 0.15) is 43.5 Å². The molecule has 1 aliphatic heterocycles. The van der Waals surface area contributed by atoms with Crippen molar-refractivity contribution in [3.8, 4) is 11.5 Å². The monoisotopic (exact) mass is 339 g/mol. The van der Waals surface area contributed by atoms with Crippen LogP contribution in [0.15, 0.2) is 48.5 Å². The highest BCUT2D eigenvalue weighted by molar-refractivity contribution is 5.86. The number of benzene rings is 2. The standard InChI is InChI=1S/C21H25NO3/c1-21(2)19(23)13-18(14-5-9-16(24-3)10-6-14)22-20(21)15-7-11-17(25-4)12-8-15/h5-12,18,20,22H,13H2,1-4H3. The van der Waals surface area contributed by atoms with Crippen molar-refractivity contribution in [3.05, 3.63) is 59.7 Å². The molecule has 0 amide bonds. The molecule has 3 rings (SSSR count). The van der Waals surface area contributed by atoms with Gasteiger partial charge in [-0.15, -0.1) is 0 Å². The fourth-order valence-corrected chi connectivity index (χ4v) is 3.44. The van der Waals surface area contributed by atoms with Gasteiger partial charge in [-0.25, -0.2) is 0 Å². The molecule has 25 heavy (non-hydrogen) atoms. The average Bonchev–Trinajstić information content (AvgIpc) is 2.64. The van der Waals surface area contributed by atoms with Gasteiger partial charge in [-0.05, 0) is 35.4 Å². The molecule has 1 fully saturated rings. The zero-order valence-corrected chi connectivity index (χ0v) is 15.2. The number of methoxy groups -OCH3 is 2. The van der Waals surface area contributed by atoms with Crippen molar-refractivity contribution in [2.75, 3.05) is 14.2 Å². The van der Waals surface area contributed by atoms with E-state index in [1.54, 1.807) is 14.2 Å². The highest BCUT2D eigenvalue weighted by Crippen LogP contribution is 2.43. The molecule has 1 heterocycles. The van der Waals surface area contributed by atoms with Crippen molar-refractivity contribution in [3.63, 3.8) is 0 Å². The van der Waals surface area contributed by atoms with E-state index >= 15 is 0 Å². The molecule has 2 unspecified atom stereocenters. The van der Waals surface area contributed by atoms with E-state index in [9.17, 15) is 4.79 Å². The number of ketones is 1. The van der Waals surface area contributed by atoms with Gasteiger partial charge in [0, 0.05) is 23.9 Å². The number of piperidine rings is 1. The number of hydrogen-bond donors (Lipinski definition) is 1. The van der Waals surface area contributed by atoms with Gasteiger partial charge in [0.25, 0.3) is 0 Å². The van der Waals surface area contributed by atoms with Gasteiger partial charge in [0.05, 0.1) is 14.2 Å². The number of hydrogen-bond acceptors (Lipinski definition) is 4. The van der Waals surface area contributed by atoms with Gasteiger partial charge in [0.15, 0.2) is 0 Å². The van der Waals surface area contributed by atoms with Crippen LogP contribution in [-0.2, 0) is 4.79 Å². The van der Waals surface area contributed by atoms with E-state index in [-0.39, 0.29) is 17.9 Å². The highest BCUT2D eigenvalue weighted by atomic mass is 16.5. The average molecular weight is 339 g/mol. The predicted molar refractivity (Wildman–Crippen MR) is 98.0 cm³/mol. The molecule has 0 spiro atoms. The van der Waals surface area contributed by atoms with Gasteiger partial charge in [0.2, 0.25) is 0 Å². The van der Waals surface area contributed by atoms with Gasteiger partial charge in [-0.1, -0.05) is 38.1 Å². The Morgan fingerprint density at radius 3 is 1.84 bits per heavy atom. The Balaban J connectivity index is 1.90. The summed E-state index contributed by atoms with van der Waals surface area (Å²) >= 11 is 0. The summed E-state index contributed by atoms with van der Waals surface area (Å²) in [6.45, 7) is 4.03. The second kappa shape index (κ2) is 6.89. The minimum Gasteiger partial charge on any atom is -0.497 e. The van der Waals surface area contributed by atoms with Gasteiger partial charge in [-0.2, -0.15) is 0 Å². The summed E-state index contributed by atoms with van der Waals surface area (Å²) in [5.74, 6) is 1.90. The largest absolute Gasteiger partial charge is 0.497 e. The molecule has 0 radical (unpaired) electrons. The number of Topliss-reactive ketones (excluding diaryl/α,β-unsaturated/α-hetero) is 1. The molecule has 0 bridgehead atoms. The molecule has 2 atom stereocenters. The highest BCUT2D eigenvalue weighted by Gasteiger charge is 2.43. The van der Waals surface area contributed by atoms with E-state index in [0.717, 1.165) is 22.6 Å². The van der Waals surface area contributed by atoms with Crippen molar-refractivity contribution in [1.29, 1.82) is 0 Å². The molecular weight excluding hydrogens is 314 g/mol. The van der Waals surface area contributed by atoms with Gasteiger partial charge in [-0.3, -0.25) is 4.79 Å². The summed E-state index contributed by atoms with van der Waals surface area (Å²) in [4.78, 5) is 12.8. The number of carbonyl (C=O) groups is 1. The van der Waals surface area contributed by atoms with Crippen molar-refractivity contribution in [2.24, 2.45) is 5.41 Å². The Hall–Kier alpha value is -2.33. The van der Waals surface area contributed by atoms with E-state index in [0.29, 0.717) is 6.42 Å². The van der Waals surface area contributed by atoms with Crippen molar-refractivity contribution < 1.29 is 14.3 Å². The smallest absolute Gasteiger partial charge is 0.142 e. The lowest BCUT2D eigenvalue weighted by Crippen LogP contribution is -2.47. The van der Waals surface area contributed by atoms with Crippen LogP contribution in [0.3, 0.4) is 0 Å². The minimum absolute atomic E-state index is 0.00136. The summed E-state index contributed by atoms with van der Waals surface area (Å²) in [6, 6.07) is 15.8. The van der Waals surface area contributed by atoms with Crippen LogP contribution in [-0.4, -0.2) is 20.0 Å². The predicted octanol–water partition coefficient (Wildman–Crippen LogP) is 4.07. The van der Waals surface area contributed by atoms with Crippen LogP contribution < -0.4 is 14.8 Å². The second-order valence-electron chi connectivity index (χ2n) is 7.05. The summed E-state index contributed by atoms with van der Waals surface area (Å²) in [6.07, 6.45) is 0.492. The summed E-state index contributed by atoms with van der Waals surface area (Å²) in [5.41, 5.74) is 1.73. The number of carbonyl (C=O) groups excluding carboxylic acids is 1. The third-order valence-electron chi connectivity index (χ3n) is 5.17. The topological polar surface area (TPSA) is 47.6 Å². The van der Waals surface area contributed by atoms with Crippen LogP contribution in [0.2, 0.25) is 0 Å². The minimum atomic E-state index is -0.461. The van der Waals surface area contributed by atoms with Gasteiger partial charge >= 0.3 is 0 Å². The van der Waals surface area contributed by atoms with E-state index in [1.807, 2.05) is 62.4 Å². The lowest BCUT2D eigenvalue weighted by Gasteiger charge is -2.42. The normalized spacial score (nSPS) is 22.5. The van der Waals surface area contributed by atoms with Crippen LogP contribution in [0.5, 0.6) is 11.5 Å². The van der Waals surface area contributed by atoms with E-state index in [1.165, 1.54) is 0 Å². The number of rotatable bonds is 4. The van der Waals surface area contributed by atoms with E-state index in [2.05, 4.69) is 5.32 Å². The Bertz CT molecular complexity index is 735. The Kier molecular flexibility index (Phi) is 4.82. The maximum Gasteiger partial charge on any atom is 0.142 e. The summed E-state index contributed by atoms with van der Waals surface area (Å²) < 4.78 is 10.5. The molecule has 4 nitrogen and oxygen atoms in total. The maximum absolute atomic E-state index is 12.8. The third-order valence-corrected chi connectivity index (χ3v) is 5.17. The molecule has 132 valence electrons. The molecule has 2 aromatic carbocycles. The Morgan fingerprint density at radius 2 is 1.36 bits per heavy atom. The molecule has 1 N–H and O–H groups in total. The van der Waals surface area contributed by atoms with Crippen LogP contribution in [0.4, 0.5) is 0 Å². The van der Waals surface area contributed by atoms with Crippen molar-refractivity contribution >= 4 is 5.78 Å². The Morgan fingerprint density at radius 1 is 0.880 bits per heavy atom. The summed E-state index contributed by atoms with van der Waals surface area (Å²) in [7, 11) is 3.31. The first-order valence-electron chi connectivity index (χ1n) is 8.53. The molecule has 0 aliphatic carbocycles. The molecule has 1 saturated heterocycles.